The molecule has 3 heterocycles. The summed E-state index contributed by atoms with van der Waals surface area (Å²) in [6, 6.07) is 15.6. The summed E-state index contributed by atoms with van der Waals surface area (Å²) in [7, 11) is 0. The molecule has 2 aromatic heterocycles. The maximum atomic E-state index is 13.0. The van der Waals surface area contributed by atoms with E-state index in [2.05, 4.69) is 14.9 Å². The van der Waals surface area contributed by atoms with Crippen LogP contribution < -0.4 is 4.74 Å². The fraction of sp³-hybridized carbons (Fsp3) is 0.269. The highest BCUT2D eigenvalue weighted by atomic mass is 32.1. The molecule has 0 unspecified atom stereocenters. The van der Waals surface area contributed by atoms with Crippen LogP contribution in [0, 0.1) is 0 Å². The SMILES string of the molecule is O=C(Cc1nc2ccc3scnc3c2o1)c1ccc2cc(OCCN3CCOCC3)ccc2c1. The standard InChI is InChI=1S/C26H23N3O4S/c30-22(15-24-28-21-5-6-23-25(26(21)33-24)27-16-34-23)19-2-1-18-14-20(4-3-17(18)13-19)32-12-9-29-7-10-31-11-8-29/h1-6,13-14,16H,7-12,15H2. The Labute approximate surface area is 199 Å². The lowest BCUT2D eigenvalue weighted by atomic mass is 10.0. The van der Waals surface area contributed by atoms with Crippen LogP contribution in [0.4, 0.5) is 0 Å². The van der Waals surface area contributed by atoms with Gasteiger partial charge in [0.1, 0.15) is 23.4 Å². The Balaban J connectivity index is 1.14. The fourth-order valence-electron chi connectivity index (χ4n) is 4.28. The van der Waals surface area contributed by atoms with Gasteiger partial charge in [0.05, 0.1) is 29.8 Å². The first kappa shape index (κ1) is 21.2. The van der Waals surface area contributed by atoms with E-state index in [4.69, 9.17) is 13.9 Å². The lowest BCUT2D eigenvalue weighted by Gasteiger charge is -2.26. The monoisotopic (exact) mass is 473 g/mol. The number of oxazole rings is 1. The quantitative estimate of drug-likeness (QED) is 0.316. The minimum Gasteiger partial charge on any atom is -0.492 e. The van der Waals surface area contributed by atoms with Gasteiger partial charge in [0.15, 0.2) is 11.4 Å². The largest absolute Gasteiger partial charge is 0.492 e. The van der Waals surface area contributed by atoms with Gasteiger partial charge in [-0.05, 0) is 41.1 Å². The highest BCUT2D eigenvalue weighted by molar-refractivity contribution is 7.16. The minimum atomic E-state index is -0.0335. The molecule has 0 saturated carbocycles. The molecule has 1 aliphatic heterocycles. The van der Waals surface area contributed by atoms with Gasteiger partial charge in [0.25, 0.3) is 0 Å². The van der Waals surface area contributed by atoms with E-state index in [9.17, 15) is 4.79 Å². The molecule has 5 aromatic rings. The second-order valence-corrected chi connectivity index (χ2v) is 9.23. The van der Waals surface area contributed by atoms with Gasteiger partial charge in [-0.15, -0.1) is 11.3 Å². The smallest absolute Gasteiger partial charge is 0.203 e. The Kier molecular flexibility index (Phi) is 5.70. The number of fused-ring (bicyclic) bond motifs is 4. The summed E-state index contributed by atoms with van der Waals surface area (Å²) in [6.45, 7) is 5.02. The zero-order valence-electron chi connectivity index (χ0n) is 18.5. The third-order valence-electron chi connectivity index (χ3n) is 6.13. The van der Waals surface area contributed by atoms with Crippen molar-refractivity contribution in [3.63, 3.8) is 0 Å². The molecule has 1 aliphatic rings. The molecule has 8 heteroatoms. The van der Waals surface area contributed by atoms with Crippen molar-refractivity contribution in [1.82, 2.24) is 14.9 Å². The minimum absolute atomic E-state index is 0.0335. The van der Waals surface area contributed by atoms with E-state index in [0.717, 1.165) is 65.1 Å². The van der Waals surface area contributed by atoms with Gasteiger partial charge in [-0.2, -0.15) is 0 Å². The van der Waals surface area contributed by atoms with Gasteiger partial charge in [0.2, 0.25) is 5.89 Å². The van der Waals surface area contributed by atoms with E-state index >= 15 is 0 Å². The van der Waals surface area contributed by atoms with Crippen molar-refractivity contribution in [2.75, 3.05) is 39.5 Å². The zero-order valence-corrected chi connectivity index (χ0v) is 19.3. The summed E-state index contributed by atoms with van der Waals surface area (Å²) < 4.78 is 18.3. The second kappa shape index (κ2) is 9.13. The van der Waals surface area contributed by atoms with E-state index in [0.29, 0.717) is 23.6 Å². The molecule has 0 atom stereocenters. The zero-order chi connectivity index (χ0) is 22.9. The molecule has 7 nitrogen and oxygen atoms in total. The van der Waals surface area contributed by atoms with Gasteiger partial charge in [-0.25, -0.2) is 9.97 Å². The van der Waals surface area contributed by atoms with Crippen LogP contribution in [0.3, 0.4) is 0 Å². The third kappa shape index (κ3) is 4.27. The number of benzene rings is 3. The first-order chi connectivity index (χ1) is 16.7. The van der Waals surface area contributed by atoms with E-state index in [1.807, 2.05) is 48.5 Å². The first-order valence-corrected chi connectivity index (χ1v) is 12.2. The summed E-state index contributed by atoms with van der Waals surface area (Å²) in [6.07, 6.45) is 0.106. The molecule has 0 spiro atoms. The summed E-state index contributed by atoms with van der Waals surface area (Å²) >= 11 is 1.55. The maximum absolute atomic E-state index is 13.0. The number of Topliss-reactive ketones (excluding diaryl/α,β-unsaturated/α-hetero) is 1. The first-order valence-electron chi connectivity index (χ1n) is 11.3. The van der Waals surface area contributed by atoms with Gasteiger partial charge < -0.3 is 13.9 Å². The van der Waals surface area contributed by atoms with Gasteiger partial charge >= 0.3 is 0 Å². The third-order valence-corrected chi connectivity index (χ3v) is 6.92. The molecule has 0 N–H and O–H groups in total. The number of thiazole rings is 1. The van der Waals surface area contributed by atoms with Crippen LogP contribution >= 0.6 is 11.3 Å². The van der Waals surface area contributed by atoms with Crippen molar-refractivity contribution in [2.24, 2.45) is 0 Å². The Morgan fingerprint density at radius 2 is 1.91 bits per heavy atom. The number of carbonyl (C=O) groups excluding carboxylic acids is 1. The fourth-order valence-corrected chi connectivity index (χ4v) is 4.95. The molecule has 0 aliphatic carbocycles. The number of rotatable bonds is 7. The lowest BCUT2D eigenvalue weighted by Crippen LogP contribution is -2.38. The number of ketones is 1. The van der Waals surface area contributed by atoms with Crippen molar-refractivity contribution in [3.8, 4) is 5.75 Å². The van der Waals surface area contributed by atoms with Gasteiger partial charge in [0, 0.05) is 25.2 Å². The van der Waals surface area contributed by atoms with Crippen LogP contribution in [-0.2, 0) is 11.2 Å². The number of carbonyl (C=O) groups is 1. The molecular formula is C26H23N3O4S. The Morgan fingerprint density at radius 3 is 2.82 bits per heavy atom. The van der Waals surface area contributed by atoms with Gasteiger partial charge in [-0.1, -0.05) is 18.2 Å². The average molecular weight is 474 g/mol. The Hall–Kier alpha value is -3.33. The van der Waals surface area contributed by atoms with Crippen LogP contribution in [0.2, 0.25) is 0 Å². The van der Waals surface area contributed by atoms with Crippen molar-refractivity contribution >= 4 is 49.2 Å². The van der Waals surface area contributed by atoms with Crippen LogP contribution in [0.25, 0.3) is 32.1 Å². The van der Waals surface area contributed by atoms with E-state index in [-0.39, 0.29) is 12.2 Å². The number of morpholine rings is 1. The van der Waals surface area contributed by atoms with Crippen molar-refractivity contribution in [3.05, 3.63) is 65.5 Å². The molecule has 6 rings (SSSR count). The Morgan fingerprint density at radius 1 is 1.06 bits per heavy atom. The normalized spacial score (nSPS) is 14.8. The summed E-state index contributed by atoms with van der Waals surface area (Å²) in [4.78, 5) is 24.2. The molecule has 1 saturated heterocycles. The molecular weight excluding hydrogens is 450 g/mol. The molecule has 0 amide bonds. The number of aromatic nitrogens is 2. The Bertz CT molecular complexity index is 1490. The van der Waals surface area contributed by atoms with Crippen molar-refractivity contribution < 1.29 is 18.7 Å². The maximum Gasteiger partial charge on any atom is 0.203 e. The van der Waals surface area contributed by atoms with E-state index < -0.39 is 0 Å². The van der Waals surface area contributed by atoms with Crippen LogP contribution in [0.1, 0.15) is 16.2 Å². The summed E-state index contributed by atoms with van der Waals surface area (Å²) in [5, 5.41) is 2.03. The number of ether oxygens (including phenoxy) is 2. The number of nitrogens with zero attached hydrogens (tertiary/aromatic N) is 3. The predicted octanol–water partition coefficient (Wildman–Crippen LogP) is 4.73. The lowest BCUT2D eigenvalue weighted by molar-refractivity contribution is 0.0322. The number of hydrogen-bond donors (Lipinski definition) is 0. The highest BCUT2D eigenvalue weighted by Gasteiger charge is 2.16. The van der Waals surface area contributed by atoms with Crippen LogP contribution in [0.5, 0.6) is 5.75 Å². The molecule has 1 fully saturated rings. The highest BCUT2D eigenvalue weighted by Crippen LogP contribution is 2.28. The second-order valence-electron chi connectivity index (χ2n) is 8.35. The van der Waals surface area contributed by atoms with Crippen molar-refractivity contribution in [1.29, 1.82) is 0 Å². The van der Waals surface area contributed by atoms with E-state index in [1.54, 1.807) is 16.8 Å². The van der Waals surface area contributed by atoms with E-state index in [1.165, 1.54) is 0 Å². The molecule has 0 bridgehead atoms. The van der Waals surface area contributed by atoms with Crippen LogP contribution in [-0.4, -0.2) is 60.1 Å². The summed E-state index contributed by atoms with van der Waals surface area (Å²) in [5.41, 5.74) is 4.58. The molecule has 3 aromatic carbocycles. The predicted molar refractivity (Wildman–Crippen MR) is 132 cm³/mol. The van der Waals surface area contributed by atoms with Crippen molar-refractivity contribution in [2.45, 2.75) is 6.42 Å². The average Bonchev–Trinajstić information content (AvgIpc) is 3.50. The molecule has 172 valence electrons. The molecule has 0 radical (unpaired) electrons. The van der Waals surface area contributed by atoms with Crippen LogP contribution in [0.15, 0.2) is 58.5 Å². The van der Waals surface area contributed by atoms with Gasteiger partial charge in [-0.3, -0.25) is 9.69 Å². The molecule has 34 heavy (non-hydrogen) atoms. The summed E-state index contributed by atoms with van der Waals surface area (Å²) in [5.74, 6) is 1.21. The topological polar surface area (TPSA) is 77.7 Å². The number of hydrogen-bond acceptors (Lipinski definition) is 8.